The fourth-order valence-electron chi connectivity index (χ4n) is 1.38. The van der Waals surface area contributed by atoms with Crippen LogP contribution in [0.2, 0.25) is 0 Å². The summed E-state index contributed by atoms with van der Waals surface area (Å²) < 4.78 is 35.1. The van der Waals surface area contributed by atoms with Crippen LogP contribution in [0.3, 0.4) is 0 Å². The summed E-state index contributed by atoms with van der Waals surface area (Å²) in [5.41, 5.74) is 0.733. The van der Waals surface area contributed by atoms with E-state index in [1.807, 2.05) is 0 Å². The number of aryl methyl sites for hydroxylation is 1. The lowest BCUT2D eigenvalue weighted by molar-refractivity contribution is 0.595. The van der Waals surface area contributed by atoms with Gasteiger partial charge in [0.25, 0.3) is 0 Å². The average molecular weight is 186 g/mol. The van der Waals surface area contributed by atoms with Crippen molar-refractivity contribution in [3.8, 4) is 0 Å². The number of benzene rings is 1. The molecule has 0 saturated heterocycles. The second-order valence-electron chi connectivity index (χ2n) is 2.82. The highest BCUT2D eigenvalue weighted by atomic mass is 32.2. The number of hydrogen-bond donors (Lipinski definition) is 0. The highest BCUT2D eigenvalue weighted by Crippen LogP contribution is 2.25. The fraction of sp³-hybridized carbons (Fsp3) is 0.250. The van der Waals surface area contributed by atoms with Gasteiger partial charge in [0.05, 0.1) is 10.6 Å². The van der Waals surface area contributed by atoms with Crippen molar-refractivity contribution in [1.29, 1.82) is 0 Å². The van der Waals surface area contributed by atoms with Crippen LogP contribution in [0.5, 0.6) is 0 Å². The molecule has 1 aliphatic heterocycles. The van der Waals surface area contributed by atoms with Crippen molar-refractivity contribution < 1.29 is 12.8 Å². The van der Waals surface area contributed by atoms with Crippen molar-refractivity contribution in [2.45, 2.75) is 11.3 Å². The Balaban J connectivity index is 2.73. The summed E-state index contributed by atoms with van der Waals surface area (Å²) in [6.07, 6.45) is 0.512. The van der Waals surface area contributed by atoms with E-state index in [1.165, 1.54) is 12.1 Å². The van der Waals surface area contributed by atoms with Crippen LogP contribution in [0, 0.1) is 5.82 Å². The van der Waals surface area contributed by atoms with Crippen molar-refractivity contribution in [2.75, 3.05) is 5.75 Å². The first-order valence-corrected chi connectivity index (χ1v) is 5.26. The Labute approximate surface area is 69.9 Å². The third-order valence-corrected chi connectivity index (χ3v) is 3.80. The van der Waals surface area contributed by atoms with Crippen LogP contribution in [0.25, 0.3) is 0 Å². The van der Waals surface area contributed by atoms with Crippen LogP contribution in [0.4, 0.5) is 4.39 Å². The maximum atomic E-state index is 12.6. The first-order valence-electron chi connectivity index (χ1n) is 3.61. The molecule has 4 heteroatoms. The molecule has 0 amide bonds. The maximum Gasteiger partial charge on any atom is 0.179 e. The Morgan fingerprint density at radius 2 is 2.08 bits per heavy atom. The number of hydrogen-bond acceptors (Lipinski definition) is 2. The van der Waals surface area contributed by atoms with Crippen LogP contribution in [0.1, 0.15) is 5.56 Å². The molecule has 0 spiro atoms. The minimum absolute atomic E-state index is 0.117. The summed E-state index contributed by atoms with van der Waals surface area (Å²) in [5.74, 6) is -0.370. The van der Waals surface area contributed by atoms with Crippen LogP contribution < -0.4 is 0 Å². The van der Waals surface area contributed by atoms with Crippen molar-refractivity contribution in [3.05, 3.63) is 29.6 Å². The molecule has 2 rings (SSSR count). The van der Waals surface area contributed by atoms with Gasteiger partial charge >= 0.3 is 0 Å². The second-order valence-corrected chi connectivity index (χ2v) is 4.90. The van der Waals surface area contributed by atoms with E-state index in [0.29, 0.717) is 6.42 Å². The monoisotopic (exact) mass is 186 g/mol. The normalized spacial score (nSPS) is 19.1. The first-order chi connectivity index (χ1) is 5.59. The van der Waals surface area contributed by atoms with E-state index < -0.39 is 15.7 Å². The number of rotatable bonds is 0. The number of fused-ring (bicyclic) bond motifs is 1. The summed E-state index contributed by atoms with van der Waals surface area (Å²) in [6.45, 7) is 0. The molecule has 0 atom stereocenters. The molecular formula is C8H7FO2S. The Hall–Kier alpha value is -0.900. The molecule has 0 radical (unpaired) electrons. The van der Waals surface area contributed by atoms with Gasteiger partial charge in [-0.25, -0.2) is 12.8 Å². The first kappa shape index (κ1) is 7.73. The van der Waals surface area contributed by atoms with Crippen LogP contribution in [-0.4, -0.2) is 14.2 Å². The van der Waals surface area contributed by atoms with E-state index in [2.05, 4.69) is 0 Å². The molecule has 1 aromatic rings. The molecule has 0 aliphatic carbocycles. The third-order valence-electron chi connectivity index (χ3n) is 2.00. The zero-order valence-electron chi connectivity index (χ0n) is 6.25. The standard InChI is InChI=1S/C8H7FO2S/c9-7-2-1-6-3-4-12(10,11)8(6)5-7/h1-2,5H,3-4H2. The van der Waals surface area contributed by atoms with Crippen LogP contribution in [0.15, 0.2) is 23.1 Å². The van der Waals surface area contributed by atoms with Gasteiger partial charge < -0.3 is 0 Å². The van der Waals surface area contributed by atoms with Gasteiger partial charge in [-0.05, 0) is 24.1 Å². The largest absolute Gasteiger partial charge is 0.224 e. The van der Waals surface area contributed by atoms with Crippen molar-refractivity contribution in [2.24, 2.45) is 0 Å². The van der Waals surface area contributed by atoms with Gasteiger partial charge in [0, 0.05) is 0 Å². The zero-order chi connectivity index (χ0) is 8.77. The predicted molar refractivity (Wildman–Crippen MR) is 42.2 cm³/mol. The minimum atomic E-state index is -3.17. The summed E-state index contributed by atoms with van der Waals surface area (Å²) in [7, 11) is -3.17. The SMILES string of the molecule is O=S1(=O)CCc2ccc(F)cc21. The molecular weight excluding hydrogens is 179 g/mol. The van der Waals surface area contributed by atoms with E-state index in [9.17, 15) is 12.8 Å². The van der Waals surface area contributed by atoms with Gasteiger partial charge in [0.2, 0.25) is 0 Å². The van der Waals surface area contributed by atoms with Gasteiger partial charge in [0.1, 0.15) is 5.82 Å². The Kier molecular flexibility index (Phi) is 1.48. The highest BCUT2D eigenvalue weighted by molar-refractivity contribution is 7.91. The van der Waals surface area contributed by atoms with Crippen molar-refractivity contribution in [1.82, 2.24) is 0 Å². The van der Waals surface area contributed by atoms with Gasteiger partial charge in [-0.15, -0.1) is 0 Å². The topological polar surface area (TPSA) is 34.1 Å². The molecule has 0 bridgehead atoms. The van der Waals surface area contributed by atoms with E-state index in [-0.39, 0.29) is 10.6 Å². The van der Waals surface area contributed by atoms with Gasteiger partial charge in [-0.3, -0.25) is 0 Å². The smallest absolute Gasteiger partial charge is 0.179 e. The zero-order valence-corrected chi connectivity index (χ0v) is 7.07. The Morgan fingerprint density at radius 1 is 1.33 bits per heavy atom. The van der Waals surface area contributed by atoms with E-state index in [0.717, 1.165) is 11.6 Å². The molecule has 1 aromatic carbocycles. The number of sulfone groups is 1. The van der Waals surface area contributed by atoms with E-state index in [4.69, 9.17) is 0 Å². The fourth-order valence-corrected chi connectivity index (χ4v) is 2.95. The molecule has 0 saturated carbocycles. The molecule has 0 fully saturated rings. The molecule has 0 aromatic heterocycles. The number of halogens is 1. The second kappa shape index (κ2) is 2.29. The molecule has 0 unspecified atom stereocenters. The predicted octanol–water partition coefficient (Wildman–Crippen LogP) is 1.16. The molecule has 12 heavy (non-hydrogen) atoms. The van der Waals surface area contributed by atoms with E-state index in [1.54, 1.807) is 0 Å². The average Bonchev–Trinajstić information content (AvgIpc) is 2.28. The van der Waals surface area contributed by atoms with E-state index >= 15 is 0 Å². The molecule has 1 heterocycles. The van der Waals surface area contributed by atoms with Crippen LogP contribution >= 0.6 is 0 Å². The molecule has 64 valence electrons. The summed E-state index contributed by atoms with van der Waals surface area (Å²) in [5, 5.41) is 0. The van der Waals surface area contributed by atoms with Crippen molar-refractivity contribution >= 4 is 9.84 Å². The highest BCUT2D eigenvalue weighted by Gasteiger charge is 2.25. The molecule has 2 nitrogen and oxygen atoms in total. The molecule has 1 aliphatic rings. The molecule has 0 N–H and O–H groups in total. The third kappa shape index (κ3) is 1.03. The minimum Gasteiger partial charge on any atom is -0.224 e. The van der Waals surface area contributed by atoms with Gasteiger partial charge in [-0.2, -0.15) is 0 Å². The Morgan fingerprint density at radius 3 is 2.83 bits per heavy atom. The lowest BCUT2D eigenvalue weighted by atomic mass is 10.2. The van der Waals surface area contributed by atoms with Gasteiger partial charge in [0.15, 0.2) is 9.84 Å². The van der Waals surface area contributed by atoms with Crippen LogP contribution in [-0.2, 0) is 16.3 Å². The van der Waals surface area contributed by atoms with Crippen molar-refractivity contribution in [3.63, 3.8) is 0 Å². The lowest BCUT2D eigenvalue weighted by Gasteiger charge is -1.96. The van der Waals surface area contributed by atoms with Gasteiger partial charge in [-0.1, -0.05) is 6.07 Å². The summed E-state index contributed by atoms with van der Waals surface area (Å²) in [6, 6.07) is 3.92. The quantitative estimate of drug-likeness (QED) is 0.609. The lowest BCUT2D eigenvalue weighted by Crippen LogP contribution is -1.98. The Bertz CT molecular complexity index is 423. The summed E-state index contributed by atoms with van der Waals surface area (Å²) >= 11 is 0. The maximum absolute atomic E-state index is 12.6. The summed E-state index contributed by atoms with van der Waals surface area (Å²) in [4.78, 5) is 0.169.